The molecule has 1 fully saturated rings. The number of rotatable bonds is 2. The molecule has 1 unspecified atom stereocenters. The number of carboxylic acids is 1. The van der Waals surface area contributed by atoms with E-state index in [1.165, 1.54) is 17.0 Å². The second-order valence-electron chi connectivity index (χ2n) is 3.75. The van der Waals surface area contributed by atoms with Gasteiger partial charge in [-0.3, -0.25) is 4.79 Å². The predicted molar refractivity (Wildman–Crippen MR) is 60.0 cm³/mol. The normalized spacial score (nSPS) is 19.8. The van der Waals surface area contributed by atoms with Crippen LogP contribution in [0.15, 0.2) is 18.2 Å². The van der Waals surface area contributed by atoms with Crippen LogP contribution in [0.4, 0.5) is 10.1 Å². The molecule has 0 aromatic heterocycles. The van der Waals surface area contributed by atoms with Crippen molar-refractivity contribution in [3.8, 4) is 0 Å². The smallest absolute Gasteiger partial charge is 0.338 e. The summed E-state index contributed by atoms with van der Waals surface area (Å²) in [5, 5.41) is 8.42. The van der Waals surface area contributed by atoms with Gasteiger partial charge in [-0.1, -0.05) is 6.07 Å². The first-order valence-electron chi connectivity index (χ1n) is 4.97. The third-order valence-corrected chi connectivity index (χ3v) is 2.87. The number of carboxylic acid groups (broad SMARTS) is 1. The molecule has 1 aliphatic rings. The molecule has 1 N–H and O–H groups in total. The van der Waals surface area contributed by atoms with Crippen LogP contribution in [-0.2, 0) is 4.79 Å². The molecule has 2 rings (SSSR count). The van der Waals surface area contributed by atoms with Crippen molar-refractivity contribution in [2.45, 2.75) is 11.8 Å². The van der Waals surface area contributed by atoms with Gasteiger partial charge in [-0.15, -0.1) is 11.6 Å². The Morgan fingerprint density at radius 1 is 1.53 bits per heavy atom. The van der Waals surface area contributed by atoms with Gasteiger partial charge in [-0.2, -0.15) is 0 Å². The maximum absolute atomic E-state index is 13.9. The highest BCUT2D eigenvalue weighted by Gasteiger charge is 2.31. The average molecular weight is 258 g/mol. The monoisotopic (exact) mass is 257 g/mol. The third kappa shape index (κ3) is 2.10. The zero-order chi connectivity index (χ0) is 12.6. The first-order chi connectivity index (χ1) is 8.00. The van der Waals surface area contributed by atoms with Crippen LogP contribution in [0.2, 0.25) is 0 Å². The summed E-state index contributed by atoms with van der Waals surface area (Å²) >= 11 is 5.81. The van der Waals surface area contributed by atoms with E-state index in [0.717, 1.165) is 6.07 Å². The van der Waals surface area contributed by atoms with E-state index in [1.54, 1.807) is 0 Å². The molecule has 1 heterocycles. The first-order valence-corrected chi connectivity index (χ1v) is 5.40. The van der Waals surface area contributed by atoms with Crippen LogP contribution < -0.4 is 4.90 Å². The fourth-order valence-electron chi connectivity index (χ4n) is 1.79. The molecule has 0 spiro atoms. The van der Waals surface area contributed by atoms with Gasteiger partial charge in [0.15, 0.2) is 5.82 Å². The number of alkyl halides is 1. The number of hydrogen-bond donors (Lipinski definition) is 1. The molecule has 90 valence electrons. The van der Waals surface area contributed by atoms with Crippen LogP contribution in [0.1, 0.15) is 16.8 Å². The molecule has 1 amide bonds. The second-order valence-corrected chi connectivity index (χ2v) is 4.37. The Bertz CT molecular complexity index is 492. The fraction of sp³-hybridized carbons (Fsp3) is 0.273. The van der Waals surface area contributed by atoms with Crippen LogP contribution in [0, 0.1) is 5.82 Å². The number of carbonyl (C=O) groups excluding carboxylic acids is 1. The highest BCUT2D eigenvalue weighted by Crippen LogP contribution is 2.28. The zero-order valence-electron chi connectivity index (χ0n) is 8.69. The highest BCUT2D eigenvalue weighted by atomic mass is 35.5. The van der Waals surface area contributed by atoms with Crippen LogP contribution in [0.25, 0.3) is 0 Å². The van der Waals surface area contributed by atoms with Crippen molar-refractivity contribution in [1.29, 1.82) is 0 Å². The van der Waals surface area contributed by atoms with Gasteiger partial charge in [-0.25, -0.2) is 9.18 Å². The van der Waals surface area contributed by atoms with E-state index in [1.807, 2.05) is 0 Å². The number of nitrogens with zero attached hydrogens (tertiary/aromatic N) is 1. The minimum Gasteiger partial charge on any atom is -0.478 e. The van der Waals surface area contributed by atoms with Gasteiger partial charge >= 0.3 is 5.97 Å². The molecule has 1 aromatic carbocycles. The van der Waals surface area contributed by atoms with E-state index < -0.39 is 17.3 Å². The van der Waals surface area contributed by atoms with Crippen LogP contribution in [0.3, 0.4) is 0 Å². The predicted octanol–water partition coefficient (Wildman–Crippen LogP) is 1.87. The summed E-state index contributed by atoms with van der Waals surface area (Å²) in [5.41, 5.74) is -0.480. The van der Waals surface area contributed by atoms with Crippen molar-refractivity contribution in [3.05, 3.63) is 29.6 Å². The Balaban J connectivity index is 2.43. The van der Waals surface area contributed by atoms with E-state index in [4.69, 9.17) is 16.7 Å². The lowest BCUT2D eigenvalue weighted by Gasteiger charge is -2.17. The molecule has 1 atom stereocenters. The van der Waals surface area contributed by atoms with Gasteiger partial charge < -0.3 is 10.0 Å². The SMILES string of the molecule is O=C(O)c1cccc(N2CC(Cl)CC2=O)c1F. The lowest BCUT2D eigenvalue weighted by molar-refractivity contribution is -0.117. The Kier molecular flexibility index (Phi) is 3.02. The molecule has 17 heavy (non-hydrogen) atoms. The van der Waals surface area contributed by atoms with Gasteiger partial charge in [0.2, 0.25) is 5.91 Å². The van der Waals surface area contributed by atoms with E-state index in [-0.39, 0.29) is 29.9 Å². The van der Waals surface area contributed by atoms with Gasteiger partial charge in [0.05, 0.1) is 16.6 Å². The molecule has 1 saturated heterocycles. The molecule has 0 bridgehead atoms. The molecule has 1 aromatic rings. The summed E-state index contributed by atoms with van der Waals surface area (Å²) in [5.74, 6) is -2.57. The van der Waals surface area contributed by atoms with Crippen molar-refractivity contribution in [3.63, 3.8) is 0 Å². The maximum atomic E-state index is 13.9. The van der Waals surface area contributed by atoms with Crippen molar-refractivity contribution < 1.29 is 19.1 Å². The molecule has 4 nitrogen and oxygen atoms in total. The van der Waals surface area contributed by atoms with E-state index in [9.17, 15) is 14.0 Å². The zero-order valence-corrected chi connectivity index (χ0v) is 9.45. The summed E-state index contributed by atoms with van der Waals surface area (Å²) < 4.78 is 13.9. The second kappa shape index (κ2) is 4.33. The van der Waals surface area contributed by atoms with Crippen molar-refractivity contribution >= 4 is 29.2 Å². The Labute approximate surface area is 102 Å². The fourth-order valence-corrected chi connectivity index (χ4v) is 2.06. The standard InChI is InChI=1S/C11H9ClFNO3/c12-6-4-9(15)14(5-6)8-3-1-2-7(10(8)13)11(16)17/h1-3,6H,4-5H2,(H,16,17). The third-order valence-electron chi connectivity index (χ3n) is 2.58. The molecule has 0 radical (unpaired) electrons. The number of halogens is 2. The van der Waals surface area contributed by atoms with Crippen LogP contribution in [-0.4, -0.2) is 28.9 Å². The van der Waals surface area contributed by atoms with E-state index >= 15 is 0 Å². The summed E-state index contributed by atoms with van der Waals surface area (Å²) in [6, 6.07) is 3.92. The number of anilines is 1. The Morgan fingerprint density at radius 3 is 2.76 bits per heavy atom. The molecular weight excluding hydrogens is 249 g/mol. The minimum atomic E-state index is -1.36. The Hall–Kier alpha value is -1.62. The number of amides is 1. The molecule has 0 aliphatic carbocycles. The summed E-state index contributed by atoms with van der Waals surface area (Å²) in [6.07, 6.45) is 0.137. The highest BCUT2D eigenvalue weighted by molar-refractivity contribution is 6.24. The lowest BCUT2D eigenvalue weighted by atomic mass is 10.1. The number of benzene rings is 1. The van der Waals surface area contributed by atoms with Gasteiger partial charge in [0.25, 0.3) is 0 Å². The van der Waals surface area contributed by atoms with Crippen molar-refractivity contribution in [2.24, 2.45) is 0 Å². The topological polar surface area (TPSA) is 57.6 Å². The number of hydrogen-bond acceptors (Lipinski definition) is 2. The summed E-state index contributed by atoms with van der Waals surface area (Å²) in [4.78, 5) is 23.5. The maximum Gasteiger partial charge on any atom is 0.338 e. The number of carbonyl (C=O) groups is 2. The largest absolute Gasteiger partial charge is 0.478 e. The molecule has 1 aliphatic heterocycles. The molecular formula is C11H9ClFNO3. The van der Waals surface area contributed by atoms with Crippen LogP contribution in [0.5, 0.6) is 0 Å². The van der Waals surface area contributed by atoms with Crippen molar-refractivity contribution in [1.82, 2.24) is 0 Å². The quantitative estimate of drug-likeness (QED) is 0.823. The number of aromatic carboxylic acids is 1. The molecule has 6 heteroatoms. The first kappa shape index (κ1) is 11.9. The Morgan fingerprint density at radius 2 is 2.24 bits per heavy atom. The van der Waals surface area contributed by atoms with E-state index in [2.05, 4.69) is 0 Å². The lowest BCUT2D eigenvalue weighted by Crippen LogP contribution is -2.26. The molecule has 0 saturated carbocycles. The summed E-state index contributed by atoms with van der Waals surface area (Å²) in [6.45, 7) is 0.195. The van der Waals surface area contributed by atoms with Crippen molar-refractivity contribution in [2.75, 3.05) is 11.4 Å². The van der Waals surface area contributed by atoms with Crippen LogP contribution >= 0.6 is 11.6 Å². The van der Waals surface area contributed by atoms with Gasteiger partial charge in [-0.05, 0) is 12.1 Å². The minimum absolute atomic E-state index is 0.0296. The van der Waals surface area contributed by atoms with Gasteiger partial charge in [0.1, 0.15) is 0 Å². The average Bonchev–Trinajstić information content (AvgIpc) is 2.57. The summed E-state index contributed by atoms with van der Waals surface area (Å²) in [7, 11) is 0. The van der Waals surface area contributed by atoms with E-state index in [0.29, 0.717) is 0 Å². The van der Waals surface area contributed by atoms with Gasteiger partial charge in [0, 0.05) is 13.0 Å².